The molecule has 1 atom stereocenters. The van der Waals surface area contributed by atoms with Gasteiger partial charge in [0.2, 0.25) is 5.91 Å². The Hall–Kier alpha value is -2.82. The van der Waals surface area contributed by atoms with Gasteiger partial charge in [-0.15, -0.1) is 0 Å². The first-order chi connectivity index (χ1) is 11.6. The molecular formula is C19H19NO4. The number of amides is 1. The number of para-hydroxylation sites is 1. The summed E-state index contributed by atoms with van der Waals surface area (Å²) in [4.78, 5) is 23.4. The number of benzene rings is 2. The fraction of sp³-hybridized carbons (Fsp3) is 0.263. The van der Waals surface area contributed by atoms with E-state index in [4.69, 9.17) is 9.84 Å². The minimum Gasteiger partial charge on any atom is -0.493 e. The summed E-state index contributed by atoms with van der Waals surface area (Å²) in [5.41, 5.74) is 2.08. The van der Waals surface area contributed by atoms with Gasteiger partial charge in [-0.25, -0.2) is 4.79 Å². The van der Waals surface area contributed by atoms with E-state index in [1.807, 2.05) is 30.3 Å². The van der Waals surface area contributed by atoms with E-state index in [9.17, 15) is 9.59 Å². The van der Waals surface area contributed by atoms with Gasteiger partial charge in [0.1, 0.15) is 5.75 Å². The SMILES string of the molecule is O=C(O)c1cccc(CCNC(=O)C2CCOc3ccccc32)c1. The third-order valence-corrected chi connectivity index (χ3v) is 4.16. The van der Waals surface area contributed by atoms with Crippen molar-refractivity contribution < 1.29 is 19.4 Å². The van der Waals surface area contributed by atoms with Gasteiger partial charge < -0.3 is 15.2 Å². The van der Waals surface area contributed by atoms with Gasteiger partial charge in [-0.2, -0.15) is 0 Å². The Labute approximate surface area is 140 Å². The molecule has 0 aliphatic carbocycles. The van der Waals surface area contributed by atoms with Crippen molar-refractivity contribution in [2.24, 2.45) is 0 Å². The number of aromatic carboxylic acids is 1. The molecule has 0 aromatic heterocycles. The molecule has 1 aliphatic rings. The predicted octanol–water partition coefficient (Wildman–Crippen LogP) is 2.61. The summed E-state index contributed by atoms with van der Waals surface area (Å²) >= 11 is 0. The predicted molar refractivity (Wildman–Crippen MR) is 89.4 cm³/mol. The second-order valence-corrected chi connectivity index (χ2v) is 5.77. The van der Waals surface area contributed by atoms with Crippen LogP contribution in [0.5, 0.6) is 5.75 Å². The molecular weight excluding hydrogens is 306 g/mol. The number of carbonyl (C=O) groups is 2. The highest BCUT2D eigenvalue weighted by atomic mass is 16.5. The standard InChI is InChI=1S/C19H19NO4/c21-18(16-9-11-24-17-7-2-1-6-15(16)17)20-10-8-13-4-3-5-14(12-13)19(22)23/h1-7,12,16H,8-11H2,(H,20,21)(H,22,23). The largest absolute Gasteiger partial charge is 0.493 e. The van der Waals surface area contributed by atoms with Crippen LogP contribution in [0.15, 0.2) is 48.5 Å². The Bertz CT molecular complexity index is 757. The van der Waals surface area contributed by atoms with Gasteiger partial charge >= 0.3 is 5.97 Å². The van der Waals surface area contributed by atoms with Crippen molar-refractivity contribution >= 4 is 11.9 Å². The van der Waals surface area contributed by atoms with Crippen molar-refractivity contribution in [2.75, 3.05) is 13.2 Å². The van der Waals surface area contributed by atoms with E-state index >= 15 is 0 Å². The number of ether oxygens (including phenoxy) is 1. The molecule has 5 heteroatoms. The second-order valence-electron chi connectivity index (χ2n) is 5.77. The highest BCUT2D eigenvalue weighted by molar-refractivity contribution is 5.87. The van der Waals surface area contributed by atoms with Crippen LogP contribution in [0.4, 0.5) is 0 Å². The molecule has 2 aromatic carbocycles. The van der Waals surface area contributed by atoms with Crippen LogP contribution in [0.1, 0.15) is 33.8 Å². The fourth-order valence-corrected chi connectivity index (χ4v) is 2.93. The lowest BCUT2D eigenvalue weighted by molar-refractivity contribution is -0.123. The summed E-state index contributed by atoms with van der Waals surface area (Å²) in [6.45, 7) is 1.01. The number of fused-ring (bicyclic) bond motifs is 1. The minimum absolute atomic E-state index is 0.0138. The zero-order chi connectivity index (χ0) is 16.9. The number of hydrogen-bond acceptors (Lipinski definition) is 3. The van der Waals surface area contributed by atoms with Gasteiger partial charge in [0, 0.05) is 12.1 Å². The highest BCUT2D eigenvalue weighted by Gasteiger charge is 2.26. The molecule has 0 fully saturated rings. The van der Waals surface area contributed by atoms with Gasteiger partial charge in [-0.3, -0.25) is 4.79 Å². The van der Waals surface area contributed by atoms with E-state index in [-0.39, 0.29) is 17.4 Å². The smallest absolute Gasteiger partial charge is 0.335 e. The zero-order valence-corrected chi connectivity index (χ0v) is 13.2. The van der Waals surface area contributed by atoms with Gasteiger partial charge in [0.15, 0.2) is 0 Å². The maximum absolute atomic E-state index is 12.5. The second kappa shape index (κ2) is 7.17. The van der Waals surface area contributed by atoms with Gasteiger partial charge in [-0.1, -0.05) is 30.3 Å². The van der Waals surface area contributed by atoms with Crippen molar-refractivity contribution in [1.29, 1.82) is 0 Å². The fourth-order valence-electron chi connectivity index (χ4n) is 2.93. The maximum Gasteiger partial charge on any atom is 0.335 e. The Morgan fingerprint density at radius 3 is 2.83 bits per heavy atom. The van der Waals surface area contributed by atoms with Gasteiger partial charge in [0.25, 0.3) is 0 Å². The lowest BCUT2D eigenvalue weighted by Crippen LogP contribution is -2.33. The lowest BCUT2D eigenvalue weighted by Gasteiger charge is -2.25. The summed E-state index contributed by atoms with van der Waals surface area (Å²) in [6, 6.07) is 14.4. The molecule has 2 aromatic rings. The minimum atomic E-state index is -0.945. The molecule has 3 rings (SSSR count). The van der Waals surface area contributed by atoms with Crippen LogP contribution in [0, 0.1) is 0 Å². The average Bonchev–Trinajstić information content (AvgIpc) is 2.61. The molecule has 0 radical (unpaired) electrons. The molecule has 124 valence electrons. The normalized spacial score (nSPS) is 15.9. The monoisotopic (exact) mass is 325 g/mol. The molecule has 5 nitrogen and oxygen atoms in total. The summed E-state index contributed by atoms with van der Waals surface area (Å²) in [6.07, 6.45) is 1.26. The lowest BCUT2D eigenvalue weighted by atomic mass is 9.92. The van der Waals surface area contributed by atoms with E-state index in [1.54, 1.807) is 18.2 Å². The van der Waals surface area contributed by atoms with Crippen LogP contribution in [0.25, 0.3) is 0 Å². The topological polar surface area (TPSA) is 75.6 Å². The molecule has 2 N–H and O–H groups in total. The molecule has 0 saturated heterocycles. The van der Waals surface area contributed by atoms with Gasteiger partial charge in [0.05, 0.1) is 18.1 Å². The van der Waals surface area contributed by atoms with Crippen LogP contribution in [0.2, 0.25) is 0 Å². The molecule has 1 heterocycles. The number of carboxylic acids is 1. The molecule has 0 saturated carbocycles. The zero-order valence-electron chi connectivity index (χ0n) is 13.2. The number of hydrogen-bond donors (Lipinski definition) is 2. The molecule has 1 aliphatic heterocycles. The first kappa shape index (κ1) is 16.1. The molecule has 1 unspecified atom stereocenters. The maximum atomic E-state index is 12.5. The highest BCUT2D eigenvalue weighted by Crippen LogP contribution is 2.33. The number of carboxylic acid groups (broad SMARTS) is 1. The summed E-state index contributed by atoms with van der Waals surface area (Å²) < 4.78 is 5.58. The molecule has 0 bridgehead atoms. The quantitative estimate of drug-likeness (QED) is 0.886. The van der Waals surface area contributed by atoms with Gasteiger partial charge in [-0.05, 0) is 36.6 Å². The van der Waals surface area contributed by atoms with Crippen molar-refractivity contribution in [1.82, 2.24) is 5.32 Å². The summed E-state index contributed by atoms with van der Waals surface area (Å²) in [7, 11) is 0. The molecule has 0 spiro atoms. The van der Waals surface area contributed by atoms with Crippen LogP contribution in [0.3, 0.4) is 0 Å². The average molecular weight is 325 g/mol. The number of rotatable bonds is 5. The van der Waals surface area contributed by atoms with Crippen molar-refractivity contribution in [3.05, 3.63) is 65.2 Å². The Balaban J connectivity index is 1.59. The van der Waals surface area contributed by atoms with Crippen molar-refractivity contribution in [2.45, 2.75) is 18.8 Å². The van der Waals surface area contributed by atoms with Crippen LogP contribution in [-0.2, 0) is 11.2 Å². The van der Waals surface area contributed by atoms with E-state index in [0.29, 0.717) is 26.0 Å². The Morgan fingerprint density at radius 1 is 1.17 bits per heavy atom. The summed E-state index contributed by atoms with van der Waals surface area (Å²) in [5.74, 6) is -0.377. The first-order valence-corrected chi connectivity index (χ1v) is 7.97. The number of carbonyl (C=O) groups excluding carboxylic acids is 1. The molecule has 24 heavy (non-hydrogen) atoms. The van der Waals surface area contributed by atoms with E-state index in [2.05, 4.69) is 5.32 Å². The number of nitrogens with one attached hydrogen (secondary N) is 1. The van der Waals surface area contributed by atoms with Crippen LogP contribution >= 0.6 is 0 Å². The van der Waals surface area contributed by atoms with Crippen molar-refractivity contribution in [3.63, 3.8) is 0 Å². The third kappa shape index (κ3) is 3.56. The summed E-state index contributed by atoms with van der Waals surface area (Å²) in [5, 5.41) is 12.0. The van der Waals surface area contributed by atoms with Crippen molar-refractivity contribution in [3.8, 4) is 5.75 Å². The van der Waals surface area contributed by atoms with Crippen LogP contribution in [-0.4, -0.2) is 30.1 Å². The molecule has 1 amide bonds. The van der Waals surface area contributed by atoms with E-state index < -0.39 is 5.97 Å². The third-order valence-electron chi connectivity index (χ3n) is 4.16. The first-order valence-electron chi connectivity index (χ1n) is 7.97. The Morgan fingerprint density at radius 2 is 2.00 bits per heavy atom. The van der Waals surface area contributed by atoms with Crippen LogP contribution < -0.4 is 10.1 Å². The van der Waals surface area contributed by atoms with E-state index in [1.165, 1.54) is 0 Å². The van der Waals surface area contributed by atoms with E-state index in [0.717, 1.165) is 16.9 Å². The Kier molecular flexibility index (Phi) is 4.79.